The Morgan fingerprint density at radius 2 is 2.00 bits per heavy atom. The second-order valence-corrected chi connectivity index (χ2v) is 5.53. The van der Waals surface area contributed by atoms with Crippen molar-refractivity contribution in [3.63, 3.8) is 0 Å². The average Bonchev–Trinajstić information content (AvgIpc) is 2.75. The van der Waals surface area contributed by atoms with E-state index in [1.54, 1.807) is 0 Å². The summed E-state index contributed by atoms with van der Waals surface area (Å²) < 4.78 is 1.05. The number of benzene rings is 1. The Bertz CT molecular complexity index is 610. The Hall–Kier alpha value is -1.55. The first kappa shape index (κ1) is 11.5. The van der Waals surface area contributed by atoms with Gasteiger partial charge in [0.2, 0.25) is 0 Å². The Morgan fingerprint density at radius 3 is 2.78 bits per heavy atom. The predicted molar refractivity (Wildman–Crippen MR) is 77.4 cm³/mol. The monoisotopic (exact) mass is 303 g/mol. The van der Waals surface area contributed by atoms with E-state index in [0.29, 0.717) is 0 Å². The molecule has 0 unspecified atom stereocenters. The maximum absolute atomic E-state index is 5.82. The zero-order chi connectivity index (χ0) is 12.7. The predicted octanol–water partition coefficient (Wildman–Crippen LogP) is 3.25. The van der Waals surface area contributed by atoms with Crippen molar-refractivity contribution in [1.29, 1.82) is 0 Å². The fourth-order valence-corrected chi connectivity index (χ4v) is 2.49. The normalized spacial score (nSPS) is 13.8. The molecule has 2 N–H and O–H groups in total. The van der Waals surface area contributed by atoms with Crippen LogP contribution in [0.15, 0.2) is 34.9 Å². The number of hydrogen-bond acceptors (Lipinski definition) is 3. The molecule has 0 radical (unpaired) electrons. The molecule has 2 heterocycles. The SMILES string of the molecule is Cc1cc(N2Cc3ccc(N)cc3C2)ncc1Br. The van der Waals surface area contributed by atoms with E-state index in [4.69, 9.17) is 5.73 Å². The van der Waals surface area contributed by atoms with Crippen LogP contribution < -0.4 is 10.6 Å². The molecule has 0 spiro atoms. The van der Waals surface area contributed by atoms with Crippen molar-refractivity contribution in [1.82, 2.24) is 4.98 Å². The van der Waals surface area contributed by atoms with E-state index in [1.165, 1.54) is 16.7 Å². The highest BCUT2D eigenvalue weighted by Gasteiger charge is 2.20. The van der Waals surface area contributed by atoms with Gasteiger partial charge in [-0.05, 0) is 57.7 Å². The van der Waals surface area contributed by atoms with Crippen LogP contribution in [0.3, 0.4) is 0 Å². The summed E-state index contributed by atoms with van der Waals surface area (Å²) in [5, 5.41) is 0. The highest BCUT2D eigenvalue weighted by Crippen LogP contribution is 2.29. The molecule has 1 aromatic heterocycles. The minimum Gasteiger partial charge on any atom is -0.399 e. The van der Waals surface area contributed by atoms with Crippen molar-refractivity contribution in [2.45, 2.75) is 20.0 Å². The molecule has 1 aromatic carbocycles. The van der Waals surface area contributed by atoms with Gasteiger partial charge >= 0.3 is 0 Å². The van der Waals surface area contributed by atoms with Gasteiger partial charge in [0.1, 0.15) is 5.82 Å². The topological polar surface area (TPSA) is 42.1 Å². The third-order valence-electron chi connectivity index (χ3n) is 3.31. The van der Waals surface area contributed by atoms with E-state index < -0.39 is 0 Å². The number of halogens is 1. The maximum atomic E-state index is 5.82. The Kier molecular flexibility index (Phi) is 2.74. The number of rotatable bonds is 1. The van der Waals surface area contributed by atoms with Gasteiger partial charge < -0.3 is 10.6 Å². The molecule has 92 valence electrons. The lowest BCUT2D eigenvalue weighted by Crippen LogP contribution is -2.15. The Balaban J connectivity index is 1.91. The number of anilines is 2. The summed E-state index contributed by atoms with van der Waals surface area (Å²) in [6, 6.07) is 8.24. The van der Waals surface area contributed by atoms with Crippen LogP contribution in [0.25, 0.3) is 0 Å². The number of aryl methyl sites for hydroxylation is 1. The lowest BCUT2D eigenvalue weighted by Gasteiger charge is -2.17. The summed E-state index contributed by atoms with van der Waals surface area (Å²) in [6.45, 7) is 3.87. The van der Waals surface area contributed by atoms with E-state index >= 15 is 0 Å². The van der Waals surface area contributed by atoms with Crippen molar-refractivity contribution in [3.8, 4) is 0 Å². The van der Waals surface area contributed by atoms with E-state index in [1.807, 2.05) is 12.3 Å². The third kappa shape index (κ3) is 1.97. The number of hydrogen-bond donors (Lipinski definition) is 1. The van der Waals surface area contributed by atoms with Crippen LogP contribution in [0.2, 0.25) is 0 Å². The number of fused-ring (bicyclic) bond motifs is 1. The number of nitrogens with zero attached hydrogens (tertiary/aromatic N) is 2. The summed E-state index contributed by atoms with van der Waals surface area (Å²) in [7, 11) is 0. The van der Waals surface area contributed by atoms with Gasteiger partial charge in [0, 0.05) is 29.4 Å². The first-order chi connectivity index (χ1) is 8.63. The molecule has 2 aromatic rings. The lowest BCUT2D eigenvalue weighted by atomic mass is 10.1. The van der Waals surface area contributed by atoms with Crippen LogP contribution >= 0.6 is 15.9 Å². The van der Waals surface area contributed by atoms with Crippen molar-refractivity contribution < 1.29 is 0 Å². The molecule has 0 saturated heterocycles. The zero-order valence-corrected chi connectivity index (χ0v) is 11.7. The standard InChI is InChI=1S/C14H14BrN3/c1-9-4-14(17-6-13(9)15)18-7-10-2-3-12(16)5-11(10)8-18/h2-6H,7-8,16H2,1H3. The van der Waals surface area contributed by atoms with Gasteiger partial charge in [-0.1, -0.05) is 6.07 Å². The molecule has 3 nitrogen and oxygen atoms in total. The molecule has 0 aliphatic carbocycles. The lowest BCUT2D eigenvalue weighted by molar-refractivity contribution is 0.854. The minimum absolute atomic E-state index is 0.829. The van der Waals surface area contributed by atoms with Crippen LogP contribution in [-0.2, 0) is 13.1 Å². The largest absolute Gasteiger partial charge is 0.399 e. The van der Waals surface area contributed by atoms with Crippen LogP contribution in [0.4, 0.5) is 11.5 Å². The Labute approximate surface area is 115 Å². The fourth-order valence-electron chi connectivity index (χ4n) is 2.27. The van der Waals surface area contributed by atoms with E-state index in [9.17, 15) is 0 Å². The Morgan fingerprint density at radius 1 is 1.22 bits per heavy atom. The van der Waals surface area contributed by atoms with Gasteiger partial charge in [-0.3, -0.25) is 0 Å². The van der Waals surface area contributed by atoms with E-state index in [0.717, 1.165) is 29.1 Å². The molecular formula is C14H14BrN3. The molecule has 0 amide bonds. The molecule has 1 aliphatic heterocycles. The second-order valence-electron chi connectivity index (χ2n) is 4.68. The molecule has 0 fully saturated rings. The summed E-state index contributed by atoms with van der Waals surface area (Å²) in [4.78, 5) is 6.74. The van der Waals surface area contributed by atoms with Gasteiger partial charge in [0.25, 0.3) is 0 Å². The fraction of sp³-hybridized carbons (Fsp3) is 0.214. The number of nitrogens with two attached hydrogens (primary N) is 1. The zero-order valence-electron chi connectivity index (χ0n) is 10.2. The van der Waals surface area contributed by atoms with Crippen LogP contribution in [0.1, 0.15) is 16.7 Å². The molecule has 0 atom stereocenters. The van der Waals surface area contributed by atoms with Crippen LogP contribution in [0, 0.1) is 6.92 Å². The van der Waals surface area contributed by atoms with Crippen LogP contribution in [0.5, 0.6) is 0 Å². The van der Waals surface area contributed by atoms with Crippen molar-refractivity contribution in [2.75, 3.05) is 10.6 Å². The molecule has 18 heavy (non-hydrogen) atoms. The highest BCUT2D eigenvalue weighted by molar-refractivity contribution is 9.10. The number of aromatic nitrogens is 1. The molecule has 0 saturated carbocycles. The van der Waals surface area contributed by atoms with Gasteiger partial charge in [-0.15, -0.1) is 0 Å². The summed E-state index contributed by atoms with van der Waals surface area (Å²) in [5.74, 6) is 1.02. The molecule has 3 rings (SSSR count). The van der Waals surface area contributed by atoms with Crippen molar-refractivity contribution in [2.24, 2.45) is 0 Å². The number of pyridine rings is 1. The first-order valence-corrected chi connectivity index (χ1v) is 6.67. The molecule has 1 aliphatic rings. The van der Waals surface area contributed by atoms with Gasteiger partial charge in [0.15, 0.2) is 0 Å². The van der Waals surface area contributed by atoms with Gasteiger partial charge in [-0.25, -0.2) is 4.98 Å². The van der Waals surface area contributed by atoms with Gasteiger partial charge in [-0.2, -0.15) is 0 Å². The van der Waals surface area contributed by atoms with Gasteiger partial charge in [0.05, 0.1) is 0 Å². The quantitative estimate of drug-likeness (QED) is 0.822. The highest BCUT2D eigenvalue weighted by atomic mass is 79.9. The van der Waals surface area contributed by atoms with E-state index in [-0.39, 0.29) is 0 Å². The third-order valence-corrected chi connectivity index (χ3v) is 4.14. The maximum Gasteiger partial charge on any atom is 0.129 e. The summed E-state index contributed by atoms with van der Waals surface area (Å²) >= 11 is 3.48. The van der Waals surface area contributed by atoms with E-state index in [2.05, 4.69) is 50.9 Å². The number of nitrogen functional groups attached to an aromatic ring is 1. The molecule has 4 heteroatoms. The van der Waals surface area contributed by atoms with Crippen molar-refractivity contribution >= 4 is 27.4 Å². The molecule has 0 bridgehead atoms. The minimum atomic E-state index is 0.829. The molecular weight excluding hydrogens is 290 g/mol. The first-order valence-electron chi connectivity index (χ1n) is 5.88. The second kappa shape index (κ2) is 4.28. The average molecular weight is 304 g/mol. The van der Waals surface area contributed by atoms with Crippen LogP contribution in [-0.4, -0.2) is 4.98 Å². The summed E-state index contributed by atoms with van der Waals surface area (Å²) in [6.07, 6.45) is 1.86. The smallest absolute Gasteiger partial charge is 0.129 e. The van der Waals surface area contributed by atoms with Crippen molar-refractivity contribution in [3.05, 3.63) is 51.6 Å². The summed E-state index contributed by atoms with van der Waals surface area (Å²) in [5.41, 5.74) is 10.5.